The summed E-state index contributed by atoms with van der Waals surface area (Å²) in [7, 11) is 0. The Morgan fingerprint density at radius 1 is 1.00 bits per heavy atom. The Bertz CT molecular complexity index is 972. The molecule has 2 aliphatic heterocycles. The quantitative estimate of drug-likeness (QED) is 0.688. The van der Waals surface area contributed by atoms with Crippen molar-refractivity contribution in [1.82, 2.24) is 14.8 Å². The molecule has 2 aliphatic rings. The Labute approximate surface area is 168 Å². The molecule has 2 saturated heterocycles. The van der Waals surface area contributed by atoms with Crippen LogP contribution < -0.4 is 4.90 Å². The second kappa shape index (κ2) is 7.64. The third kappa shape index (κ3) is 3.36. The Kier molecular flexibility index (Phi) is 5.05. The van der Waals surface area contributed by atoms with Crippen molar-refractivity contribution in [3.05, 3.63) is 35.0 Å². The second-order valence-corrected chi connectivity index (χ2v) is 7.51. The number of fused-ring (bicyclic) bond motifs is 1. The average Bonchev–Trinajstić information content (AvgIpc) is 3.26. The number of nitrogens with zero attached hydrogens (tertiary/aromatic N) is 5. The summed E-state index contributed by atoms with van der Waals surface area (Å²) in [5.74, 6) is -0.825. The molecule has 0 spiro atoms. The van der Waals surface area contributed by atoms with Crippen molar-refractivity contribution in [3.63, 3.8) is 0 Å². The standard InChI is InChI=1S/C20H20ClN5O2/c21-15-3-4-17-16(11-15)18(14(12-22)13-23-17)24-7-9-26(10-8-24)20(28)19(27)25-5-1-2-6-25/h3-4,11,13H,1-2,5-10H2. The number of hydrogen-bond donors (Lipinski definition) is 0. The smallest absolute Gasteiger partial charge is 0.312 e. The SMILES string of the molecule is N#Cc1cnc2ccc(Cl)cc2c1N1CCN(C(=O)C(=O)N2CCCC2)CC1. The molecule has 3 heterocycles. The van der Waals surface area contributed by atoms with Crippen molar-refractivity contribution in [2.75, 3.05) is 44.2 Å². The molecule has 7 nitrogen and oxygen atoms in total. The first-order valence-electron chi connectivity index (χ1n) is 9.40. The first-order valence-corrected chi connectivity index (χ1v) is 9.78. The highest BCUT2D eigenvalue weighted by Crippen LogP contribution is 2.32. The lowest BCUT2D eigenvalue weighted by atomic mass is 10.1. The largest absolute Gasteiger partial charge is 0.366 e. The molecule has 2 amide bonds. The van der Waals surface area contributed by atoms with Gasteiger partial charge >= 0.3 is 11.8 Å². The molecular formula is C20H20ClN5O2. The highest BCUT2D eigenvalue weighted by Gasteiger charge is 2.31. The van der Waals surface area contributed by atoms with Crippen molar-refractivity contribution in [2.24, 2.45) is 0 Å². The molecule has 2 aromatic rings. The summed E-state index contributed by atoms with van der Waals surface area (Å²) in [5.41, 5.74) is 2.02. The van der Waals surface area contributed by atoms with Gasteiger partial charge in [0.1, 0.15) is 6.07 Å². The number of amides is 2. The number of rotatable bonds is 1. The van der Waals surface area contributed by atoms with Gasteiger partial charge in [-0.25, -0.2) is 0 Å². The monoisotopic (exact) mass is 397 g/mol. The minimum absolute atomic E-state index is 0.398. The third-order valence-corrected chi connectivity index (χ3v) is 5.62. The van der Waals surface area contributed by atoms with Gasteiger partial charge in [-0.3, -0.25) is 14.6 Å². The Morgan fingerprint density at radius 3 is 2.29 bits per heavy atom. The van der Waals surface area contributed by atoms with E-state index in [1.165, 1.54) is 0 Å². The van der Waals surface area contributed by atoms with E-state index in [1.54, 1.807) is 22.1 Å². The lowest BCUT2D eigenvalue weighted by Crippen LogP contribution is -2.53. The van der Waals surface area contributed by atoms with Gasteiger partial charge < -0.3 is 14.7 Å². The van der Waals surface area contributed by atoms with Crippen LogP contribution in [0.5, 0.6) is 0 Å². The maximum Gasteiger partial charge on any atom is 0.312 e. The third-order valence-electron chi connectivity index (χ3n) is 5.38. The van der Waals surface area contributed by atoms with E-state index in [4.69, 9.17) is 11.6 Å². The first-order chi connectivity index (χ1) is 13.6. The van der Waals surface area contributed by atoms with Gasteiger partial charge in [0, 0.05) is 55.9 Å². The van der Waals surface area contributed by atoms with Crippen LogP contribution in [0.4, 0.5) is 5.69 Å². The molecule has 0 atom stereocenters. The van der Waals surface area contributed by atoms with Crippen molar-refractivity contribution in [1.29, 1.82) is 5.26 Å². The van der Waals surface area contributed by atoms with Crippen molar-refractivity contribution >= 4 is 40.0 Å². The fourth-order valence-corrected chi connectivity index (χ4v) is 4.07. The molecular weight excluding hydrogens is 378 g/mol. The van der Waals surface area contributed by atoms with Gasteiger partial charge in [0.25, 0.3) is 0 Å². The Hall–Kier alpha value is -2.85. The number of carbonyl (C=O) groups excluding carboxylic acids is 2. The van der Waals surface area contributed by atoms with Crippen LogP contribution in [0.1, 0.15) is 18.4 Å². The number of likely N-dealkylation sites (tertiary alicyclic amines) is 1. The Morgan fingerprint density at radius 2 is 1.64 bits per heavy atom. The van der Waals surface area contributed by atoms with Crippen LogP contribution >= 0.6 is 11.6 Å². The van der Waals surface area contributed by atoms with Crippen LogP contribution in [0.15, 0.2) is 24.4 Å². The van der Waals surface area contributed by atoms with Gasteiger partial charge in [-0.1, -0.05) is 11.6 Å². The van der Waals surface area contributed by atoms with Crippen molar-refractivity contribution in [3.8, 4) is 6.07 Å². The van der Waals surface area contributed by atoms with Crippen LogP contribution in [0, 0.1) is 11.3 Å². The molecule has 0 radical (unpaired) electrons. The van der Waals surface area contributed by atoms with Gasteiger partial charge in [-0.15, -0.1) is 0 Å². The van der Waals surface area contributed by atoms with E-state index in [0.717, 1.165) is 29.4 Å². The minimum atomic E-state index is -0.426. The molecule has 4 rings (SSSR count). The number of nitriles is 1. The maximum absolute atomic E-state index is 12.5. The van der Waals surface area contributed by atoms with E-state index >= 15 is 0 Å². The van der Waals surface area contributed by atoms with Crippen LogP contribution in [-0.4, -0.2) is 65.9 Å². The van der Waals surface area contributed by atoms with Gasteiger partial charge in [0.2, 0.25) is 0 Å². The molecule has 144 valence electrons. The lowest BCUT2D eigenvalue weighted by Gasteiger charge is -2.37. The zero-order chi connectivity index (χ0) is 19.7. The molecule has 28 heavy (non-hydrogen) atoms. The minimum Gasteiger partial charge on any atom is -0.366 e. The molecule has 8 heteroatoms. The molecule has 2 fully saturated rings. The van der Waals surface area contributed by atoms with Gasteiger partial charge in [0.05, 0.1) is 16.8 Å². The molecule has 0 bridgehead atoms. The Balaban J connectivity index is 1.54. The van der Waals surface area contributed by atoms with Crippen LogP contribution in [-0.2, 0) is 9.59 Å². The zero-order valence-electron chi connectivity index (χ0n) is 15.4. The molecule has 0 saturated carbocycles. The maximum atomic E-state index is 12.5. The topological polar surface area (TPSA) is 80.5 Å². The summed E-state index contributed by atoms with van der Waals surface area (Å²) in [6, 6.07) is 7.62. The van der Waals surface area contributed by atoms with Crippen LogP contribution in [0.3, 0.4) is 0 Å². The number of benzene rings is 1. The number of carbonyl (C=O) groups is 2. The first kappa shape index (κ1) is 18.5. The van der Waals surface area contributed by atoms with Crippen molar-refractivity contribution < 1.29 is 9.59 Å². The molecule has 1 aromatic heterocycles. The summed E-state index contributed by atoms with van der Waals surface area (Å²) in [5, 5.41) is 10.9. The summed E-state index contributed by atoms with van der Waals surface area (Å²) >= 11 is 6.16. The summed E-state index contributed by atoms with van der Waals surface area (Å²) in [6.07, 6.45) is 3.49. The predicted octanol–water partition coefficient (Wildman–Crippen LogP) is 2.03. The summed E-state index contributed by atoms with van der Waals surface area (Å²) in [6.45, 7) is 3.29. The number of halogens is 1. The van der Waals surface area contributed by atoms with E-state index in [0.29, 0.717) is 49.9 Å². The van der Waals surface area contributed by atoms with E-state index in [9.17, 15) is 14.9 Å². The predicted molar refractivity (Wildman–Crippen MR) is 106 cm³/mol. The van der Waals surface area contributed by atoms with E-state index in [2.05, 4.69) is 16.0 Å². The lowest BCUT2D eigenvalue weighted by molar-refractivity contribution is -0.151. The number of hydrogen-bond acceptors (Lipinski definition) is 5. The van der Waals surface area contributed by atoms with Crippen molar-refractivity contribution in [2.45, 2.75) is 12.8 Å². The zero-order valence-corrected chi connectivity index (χ0v) is 16.2. The fraction of sp³-hybridized carbons (Fsp3) is 0.400. The highest BCUT2D eigenvalue weighted by atomic mass is 35.5. The second-order valence-electron chi connectivity index (χ2n) is 7.07. The van der Waals surface area contributed by atoms with Crippen LogP contribution in [0.2, 0.25) is 5.02 Å². The molecule has 1 aromatic carbocycles. The van der Waals surface area contributed by atoms with Crippen LogP contribution in [0.25, 0.3) is 10.9 Å². The molecule has 0 unspecified atom stereocenters. The normalized spacial score (nSPS) is 17.1. The van der Waals surface area contributed by atoms with E-state index in [1.807, 2.05) is 12.1 Å². The number of pyridine rings is 1. The molecule has 0 N–H and O–H groups in total. The average molecular weight is 398 g/mol. The number of aromatic nitrogens is 1. The summed E-state index contributed by atoms with van der Waals surface area (Å²) < 4.78 is 0. The van der Waals surface area contributed by atoms with Gasteiger partial charge in [-0.2, -0.15) is 5.26 Å². The van der Waals surface area contributed by atoms with E-state index < -0.39 is 11.8 Å². The molecule has 0 aliphatic carbocycles. The van der Waals surface area contributed by atoms with E-state index in [-0.39, 0.29) is 0 Å². The highest BCUT2D eigenvalue weighted by molar-refractivity contribution is 6.35. The van der Waals surface area contributed by atoms with Gasteiger partial charge in [0.15, 0.2) is 0 Å². The summed E-state index contributed by atoms with van der Waals surface area (Å²) in [4.78, 5) is 34.6. The fourth-order valence-electron chi connectivity index (χ4n) is 3.90. The number of piperazine rings is 1. The van der Waals surface area contributed by atoms with Gasteiger partial charge in [-0.05, 0) is 31.0 Å². The number of anilines is 1.